The molecular formula is C21H22ClN3. The minimum absolute atomic E-state index is 0.512. The van der Waals surface area contributed by atoms with Gasteiger partial charge in [0.05, 0.1) is 0 Å². The van der Waals surface area contributed by atoms with Crippen LogP contribution in [-0.2, 0) is 0 Å². The number of hydrogen-bond acceptors (Lipinski definition) is 3. The lowest BCUT2D eigenvalue weighted by molar-refractivity contribution is 0.489. The van der Waals surface area contributed by atoms with Gasteiger partial charge in [0, 0.05) is 19.2 Å². The Morgan fingerprint density at radius 1 is 1.16 bits per heavy atom. The number of rotatable bonds is 4. The molecule has 2 aromatic carbocycles. The number of nitrogens with zero attached hydrogens (tertiary/aromatic N) is 3. The number of hydrogen-bond donors (Lipinski definition) is 0. The second-order valence-electron chi connectivity index (χ2n) is 7.00. The molecule has 25 heavy (non-hydrogen) atoms. The van der Waals surface area contributed by atoms with Gasteiger partial charge in [0.1, 0.15) is 17.3 Å². The van der Waals surface area contributed by atoms with Gasteiger partial charge in [-0.15, -0.1) is 0 Å². The van der Waals surface area contributed by atoms with Gasteiger partial charge in [0.15, 0.2) is 0 Å². The van der Waals surface area contributed by atoms with Gasteiger partial charge in [-0.1, -0.05) is 61.0 Å². The van der Waals surface area contributed by atoms with E-state index >= 15 is 0 Å². The topological polar surface area (TPSA) is 29.0 Å². The average molecular weight is 352 g/mol. The molecule has 0 spiro atoms. The first-order valence-corrected chi connectivity index (χ1v) is 9.28. The highest BCUT2D eigenvalue weighted by molar-refractivity contribution is 6.29. The maximum Gasteiger partial charge on any atom is 0.134 e. The van der Waals surface area contributed by atoms with E-state index in [4.69, 9.17) is 11.6 Å². The van der Waals surface area contributed by atoms with E-state index in [0.717, 1.165) is 18.9 Å². The fourth-order valence-electron chi connectivity index (χ4n) is 4.04. The van der Waals surface area contributed by atoms with Gasteiger partial charge < -0.3 is 4.90 Å². The van der Waals surface area contributed by atoms with Crippen molar-refractivity contribution in [3.63, 3.8) is 0 Å². The highest BCUT2D eigenvalue weighted by Crippen LogP contribution is 2.34. The number of fused-ring (bicyclic) bond motifs is 1. The zero-order chi connectivity index (χ0) is 17.2. The van der Waals surface area contributed by atoms with Crippen LogP contribution in [0.1, 0.15) is 31.2 Å². The molecule has 2 heterocycles. The molecule has 0 N–H and O–H groups in total. The Balaban J connectivity index is 1.47. The lowest BCUT2D eigenvalue weighted by atomic mass is 9.87. The van der Waals surface area contributed by atoms with Crippen molar-refractivity contribution < 1.29 is 0 Å². The van der Waals surface area contributed by atoms with E-state index in [2.05, 4.69) is 64.3 Å². The third kappa shape index (κ3) is 3.47. The van der Waals surface area contributed by atoms with Crippen LogP contribution in [0.3, 0.4) is 0 Å². The second kappa shape index (κ2) is 7.01. The minimum atomic E-state index is 0.512. The molecule has 2 atom stereocenters. The largest absolute Gasteiger partial charge is 0.356 e. The van der Waals surface area contributed by atoms with Crippen LogP contribution in [0.15, 0.2) is 54.9 Å². The van der Waals surface area contributed by atoms with E-state index in [1.165, 1.54) is 29.2 Å². The Hall–Kier alpha value is -2.13. The van der Waals surface area contributed by atoms with Crippen LogP contribution in [0.2, 0.25) is 5.15 Å². The lowest BCUT2D eigenvalue weighted by Gasteiger charge is -2.20. The molecule has 128 valence electrons. The van der Waals surface area contributed by atoms with Crippen molar-refractivity contribution in [3.8, 4) is 0 Å². The van der Waals surface area contributed by atoms with Crippen LogP contribution in [0, 0.1) is 5.92 Å². The minimum Gasteiger partial charge on any atom is -0.356 e. The van der Waals surface area contributed by atoms with Gasteiger partial charge in [-0.25, -0.2) is 9.97 Å². The van der Waals surface area contributed by atoms with Crippen LogP contribution < -0.4 is 4.90 Å². The maximum absolute atomic E-state index is 6.00. The van der Waals surface area contributed by atoms with Crippen LogP contribution in [-0.4, -0.2) is 23.1 Å². The van der Waals surface area contributed by atoms with Crippen LogP contribution in [0.25, 0.3) is 10.8 Å². The summed E-state index contributed by atoms with van der Waals surface area (Å²) < 4.78 is 0. The van der Waals surface area contributed by atoms with Gasteiger partial charge in [-0.3, -0.25) is 0 Å². The predicted octanol–water partition coefficient (Wildman–Crippen LogP) is 5.30. The Kier molecular flexibility index (Phi) is 4.58. The molecule has 4 rings (SSSR count). The van der Waals surface area contributed by atoms with Crippen molar-refractivity contribution in [2.75, 3.05) is 18.0 Å². The third-order valence-electron chi connectivity index (χ3n) is 5.27. The highest BCUT2D eigenvalue weighted by atomic mass is 35.5. The molecule has 0 saturated carbocycles. The molecule has 0 bridgehead atoms. The number of aromatic nitrogens is 2. The Morgan fingerprint density at radius 3 is 2.88 bits per heavy atom. The molecule has 0 unspecified atom stereocenters. The monoisotopic (exact) mass is 351 g/mol. The summed E-state index contributed by atoms with van der Waals surface area (Å²) >= 11 is 6.00. The van der Waals surface area contributed by atoms with Crippen molar-refractivity contribution >= 4 is 28.2 Å². The molecular weight excluding hydrogens is 330 g/mol. The summed E-state index contributed by atoms with van der Waals surface area (Å²) in [6.45, 7) is 4.44. The van der Waals surface area contributed by atoms with E-state index < -0.39 is 0 Å². The molecule has 1 saturated heterocycles. The van der Waals surface area contributed by atoms with Gasteiger partial charge in [-0.2, -0.15) is 0 Å². The number of benzene rings is 2. The molecule has 1 aliphatic rings. The summed E-state index contributed by atoms with van der Waals surface area (Å²) in [6, 6.07) is 17.2. The van der Waals surface area contributed by atoms with Crippen molar-refractivity contribution in [2.24, 2.45) is 5.92 Å². The van der Waals surface area contributed by atoms with Crippen LogP contribution in [0.5, 0.6) is 0 Å². The fraction of sp³-hybridized carbons (Fsp3) is 0.333. The summed E-state index contributed by atoms with van der Waals surface area (Å²) in [5.41, 5.74) is 1.46. The fourth-order valence-corrected chi connectivity index (χ4v) is 4.18. The lowest BCUT2D eigenvalue weighted by Crippen LogP contribution is -2.21. The van der Waals surface area contributed by atoms with Crippen molar-refractivity contribution in [1.82, 2.24) is 9.97 Å². The smallest absolute Gasteiger partial charge is 0.134 e. The molecule has 0 amide bonds. The van der Waals surface area contributed by atoms with Crippen molar-refractivity contribution in [3.05, 3.63) is 65.6 Å². The molecule has 1 aromatic heterocycles. The third-order valence-corrected chi connectivity index (χ3v) is 5.48. The molecule has 4 heteroatoms. The Bertz CT molecular complexity index is 874. The number of halogens is 1. The zero-order valence-corrected chi connectivity index (χ0v) is 15.2. The quantitative estimate of drug-likeness (QED) is 0.597. The van der Waals surface area contributed by atoms with Crippen LogP contribution >= 0.6 is 11.6 Å². The first-order chi connectivity index (χ1) is 12.2. The van der Waals surface area contributed by atoms with Gasteiger partial charge >= 0.3 is 0 Å². The van der Waals surface area contributed by atoms with E-state index in [1.807, 2.05) is 6.07 Å². The zero-order valence-electron chi connectivity index (χ0n) is 14.4. The molecule has 0 radical (unpaired) electrons. The summed E-state index contributed by atoms with van der Waals surface area (Å²) in [6.07, 6.45) is 3.95. The molecule has 3 aromatic rings. The van der Waals surface area contributed by atoms with Gasteiger partial charge in [0.2, 0.25) is 0 Å². The predicted molar refractivity (Wildman–Crippen MR) is 104 cm³/mol. The van der Waals surface area contributed by atoms with E-state index in [1.54, 1.807) is 6.33 Å². The second-order valence-corrected chi connectivity index (χ2v) is 7.39. The highest BCUT2D eigenvalue weighted by Gasteiger charge is 2.26. The standard InChI is InChI=1S/C21H22ClN3/c1-15(18-8-4-6-17-5-2-3-7-19(17)18)11-16-9-10-25(13-16)21-12-20(22)23-14-24-21/h2-8,12,14-16H,9-11,13H2,1H3/t15-,16+/m0/s1. The van der Waals surface area contributed by atoms with Crippen LogP contribution in [0.4, 0.5) is 5.82 Å². The van der Waals surface area contributed by atoms with Gasteiger partial charge in [-0.05, 0) is 41.0 Å². The van der Waals surface area contributed by atoms with Gasteiger partial charge in [0.25, 0.3) is 0 Å². The molecule has 1 fully saturated rings. The Labute approximate surface area is 153 Å². The normalized spacial score (nSPS) is 18.6. The maximum atomic E-state index is 6.00. The number of anilines is 1. The van der Waals surface area contributed by atoms with Crippen molar-refractivity contribution in [1.29, 1.82) is 0 Å². The first kappa shape index (κ1) is 16.3. The molecule has 0 aliphatic carbocycles. The first-order valence-electron chi connectivity index (χ1n) is 8.91. The van der Waals surface area contributed by atoms with E-state index in [0.29, 0.717) is 17.0 Å². The molecule has 1 aliphatic heterocycles. The summed E-state index contributed by atoms with van der Waals surface area (Å²) in [5.74, 6) is 2.17. The summed E-state index contributed by atoms with van der Waals surface area (Å²) in [5, 5.41) is 3.23. The summed E-state index contributed by atoms with van der Waals surface area (Å²) in [7, 11) is 0. The average Bonchev–Trinajstić information content (AvgIpc) is 3.10. The summed E-state index contributed by atoms with van der Waals surface area (Å²) in [4.78, 5) is 10.7. The van der Waals surface area contributed by atoms with Crippen molar-refractivity contribution in [2.45, 2.75) is 25.7 Å². The van der Waals surface area contributed by atoms with E-state index in [-0.39, 0.29) is 0 Å². The molecule has 3 nitrogen and oxygen atoms in total. The SMILES string of the molecule is C[C@@H](C[C@H]1CCN(c2cc(Cl)ncn2)C1)c1cccc2ccccc12. The van der Waals surface area contributed by atoms with E-state index in [9.17, 15) is 0 Å². The Morgan fingerprint density at radius 2 is 2.00 bits per heavy atom.